The van der Waals surface area contributed by atoms with Gasteiger partial charge in [-0.1, -0.05) is 18.2 Å². The average molecular weight is 421 g/mol. The molecule has 160 valence electrons. The van der Waals surface area contributed by atoms with E-state index in [1.807, 2.05) is 24.3 Å². The van der Waals surface area contributed by atoms with Crippen LogP contribution in [0.2, 0.25) is 0 Å². The predicted octanol–water partition coefficient (Wildman–Crippen LogP) is 4.40. The summed E-state index contributed by atoms with van der Waals surface area (Å²) in [5.41, 5.74) is 0.00742. The molecular formula is C23H24FN5O2. The van der Waals surface area contributed by atoms with Crippen LogP contribution in [0, 0.1) is 11.7 Å². The van der Waals surface area contributed by atoms with Gasteiger partial charge in [0.1, 0.15) is 28.7 Å². The van der Waals surface area contributed by atoms with Crippen LogP contribution in [0.15, 0.2) is 60.9 Å². The van der Waals surface area contributed by atoms with E-state index in [9.17, 15) is 9.18 Å². The zero-order valence-corrected chi connectivity index (χ0v) is 17.1. The molecule has 1 aromatic carbocycles. The maximum atomic E-state index is 13.9. The summed E-state index contributed by atoms with van der Waals surface area (Å²) in [7, 11) is 0. The van der Waals surface area contributed by atoms with E-state index in [4.69, 9.17) is 4.74 Å². The van der Waals surface area contributed by atoms with E-state index in [-0.39, 0.29) is 11.9 Å². The first-order chi connectivity index (χ1) is 15.1. The van der Waals surface area contributed by atoms with E-state index >= 15 is 0 Å². The number of nitrogens with zero attached hydrogens (tertiary/aromatic N) is 4. The fourth-order valence-electron chi connectivity index (χ4n) is 4.42. The van der Waals surface area contributed by atoms with Crippen LogP contribution in [0.1, 0.15) is 25.7 Å². The summed E-state index contributed by atoms with van der Waals surface area (Å²) in [5, 5.41) is 7.80. The number of halogens is 1. The minimum Gasteiger partial charge on any atom is -0.441 e. The van der Waals surface area contributed by atoms with E-state index in [1.165, 1.54) is 10.7 Å². The number of pyridine rings is 1. The molecule has 1 N–H and O–H groups in total. The monoisotopic (exact) mass is 421 g/mol. The normalized spacial score (nSPS) is 23.2. The zero-order valence-electron chi connectivity index (χ0n) is 17.1. The van der Waals surface area contributed by atoms with Gasteiger partial charge in [0.15, 0.2) is 0 Å². The number of aromatic nitrogens is 3. The number of hydrogen-bond donors (Lipinski definition) is 1. The number of hydrogen-bond acceptors (Lipinski definition) is 5. The molecule has 2 aromatic heterocycles. The highest BCUT2D eigenvalue weighted by molar-refractivity contribution is 5.89. The van der Waals surface area contributed by atoms with Crippen molar-refractivity contribution in [1.29, 1.82) is 0 Å². The number of amides is 1. The molecule has 7 nitrogen and oxygen atoms in total. The average Bonchev–Trinajstić information content (AvgIpc) is 3.39. The molecule has 0 unspecified atom stereocenters. The lowest BCUT2D eigenvalue weighted by Crippen LogP contribution is -2.39. The first-order valence-corrected chi connectivity index (χ1v) is 10.6. The molecule has 1 aliphatic carbocycles. The Morgan fingerprint density at radius 2 is 1.94 bits per heavy atom. The van der Waals surface area contributed by atoms with Gasteiger partial charge in [0.05, 0.1) is 6.54 Å². The Morgan fingerprint density at radius 3 is 2.71 bits per heavy atom. The number of nitrogens with one attached hydrogen (secondary N) is 1. The minimum atomic E-state index is -0.419. The van der Waals surface area contributed by atoms with E-state index < -0.39 is 5.60 Å². The number of carbonyl (C=O) groups excluding carboxylic acids is 1. The van der Waals surface area contributed by atoms with E-state index in [0.717, 1.165) is 38.0 Å². The third-order valence-electron chi connectivity index (χ3n) is 6.17. The minimum absolute atomic E-state index is 0.305. The summed E-state index contributed by atoms with van der Waals surface area (Å²) in [4.78, 5) is 18.3. The fourth-order valence-corrected chi connectivity index (χ4v) is 4.42. The van der Waals surface area contributed by atoms with Crippen molar-refractivity contribution in [2.45, 2.75) is 31.3 Å². The van der Waals surface area contributed by atoms with Crippen LogP contribution < -0.4 is 10.2 Å². The first kappa shape index (κ1) is 19.5. The van der Waals surface area contributed by atoms with Crippen LogP contribution in [-0.4, -0.2) is 39.5 Å². The molecule has 2 aliphatic rings. The van der Waals surface area contributed by atoms with Crippen molar-refractivity contribution in [1.82, 2.24) is 14.8 Å². The second kappa shape index (κ2) is 8.02. The highest BCUT2D eigenvalue weighted by atomic mass is 19.1. The molecule has 1 saturated heterocycles. The third kappa shape index (κ3) is 3.97. The van der Waals surface area contributed by atoms with Crippen LogP contribution in [0.25, 0.3) is 5.69 Å². The lowest BCUT2D eigenvalue weighted by Gasteiger charge is -2.35. The number of carbonyl (C=O) groups is 1. The van der Waals surface area contributed by atoms with Crippen molar-refractivity contribution >= 4 is 17.7 Å². The molecular weight excluding hydrogens is 397 g/mol. The summed E-state index contributed by atoms with van der Waals surface area (Å²) in [5.74, 6) is 1.52. The summed E-state index contributed by atoms with van der Waals surface area (Å²) < 4.78 is 21.3. The van der Waals surface area contributed by atoms with Crippen LogP contribution in [0.5, 0.6) is 0 Å². The predicted molar refractivity (Wildman–Crippen MR) is 115 cm³/mol. The lowest BCUT2D eigenvalue weighted by molar-refractivity contribution is 0.0148. The van der Waals surface area contributed by atoms with Crippen LogP contribution in [0.4, 0.5) is 20.8 Å². The van der Waals surface area contributed by atoms with Gasteiger partial charge >= 0.3 is 6.09 Å². The molecule has 3 aromatic rings. The molecule has 0 atom stereocenters. The molecule has 5 rings (SSSR count). The molecule has 1 saturated carbocycles. The first-order valence-electron chi connectivity index (χ1n) is 10.6. The van der Waals surface area contributed by atoms with Crippen molar-refractivity contribution < 1.29 is 13.9 Å². The maximum Gasteiger partial charge on any atom is 0.416 e. The van der Waals surface area contributed by atoms with E-state index in [0.29, 0.717) is 24.0 Å². The highest BCUT2D eigenvalue weighted by Crippen LogP contribution is 2.40. The highest BCUT2D eigenvalue weighted by Gasteiger charge is 2.47. The maximum absolute atomic E-state index is 13.9. The Bertz CT molecular complexity index is 1060. The van der Waals surface area contributed by atoms with E-state index in [2.05, 4.69) is 15.4 Å². The molecule has 31 heavy (non-hydrogen) atoms. The summed E-state index contributed by atoms with van der Waals surface area (Å²) in [6.45, 7) is 1.33. The molecule has 1 amide bonds. The Balaban J connectivity index is 1.15. The van der Waals surface area contributed by atoms with Gasteiger partial charge in [-0.2, -0.15) is 5.10 Å². The summed E-state index contributed by atoms with van der Waals surface area (Å²) in [6, 6.07) is 14.0. The number of rotatable bonds is 5. The molecule has 0 bridgehead atoms. The van der Waals surface area contributed by atoms with Gasteiger partial charge in [-0.3, -0.25) is 4.90 Å². The summed E-state index contributed by atoms with van der Waals surface area (Å²) >= 11 is 0. The van der Waals surface area contributed by atoms with Gasteiger partial charge in [-0.05, 0) is 55.9 Å². The Morgan fingerprint density at radius 1 is 1.13 bits per heavy atom. The molecule has 8 heteroatoms. The Kier molecular flexibility index (Phi) is 5.05. The molecule has 2 fully saturated rings. The Hall–Kier alpha value is -3.42. The van der Waals surface area contributed by atoms with Crippen molar-refractivity contribution in [3.63, 3.8) is 0 Å². The SMILES string of the molecule is O=C1OC2(CCC(CNc3ccn(-c4ccccc4F)n3)CC2)CN1c1ccccn1. The van der Waals surface area contributed by atoms with Crippen molar-refractivity contribution in [3.8, 4) is 5.69 Å². The number of benzene rings is 1. The second-order valence-corrected chi connectivity index (χ2v) is 8.25. The molecule has 3 heterocycles. The van der Waals surface area contributed by atoms with Crippen LogP contribution in [-0.2, 0) is 4.74 Å². The van der Waals surface area contributed by atoms with Gasteiger partial charge in [0, 0.05) is 25.0 Å². The van der Waals surface area contributed by atoms with Gasteiger partial charge < -0.3 is 10.1 Å². The van der Waals surface area contributed by atoms with Gasteiger partial charge in [-0.25, -0.2) is 18.9 Å². The fraction of sp³-hybridized carbons (Fsp3) is 0.348. The van der Waals surface area contributed by atoms with E-state index in [1.54, 1.807) is 35.5 Å². The molecule has 1 aliphatic heterocycles. The van der Waals surface area contributed by atoms with Crippen molar-refractivity contribution in [3.05, 3.63) is 66.7 Å². The number of anilines is 2. The Labute approximate surface area is 179 Å². The van der Waals surface area contributed by atoms with Gasteiger partial charge in [0.25, 0.3) is 0 Å². The van der Waals surface area contributed by atoms with Crippen LogP contribution in [0.3, 0.4) is 0 Å². The van der Waals surface area contributed by atoms with Crippen LogP contribution >= 0.6 is 0 Å². The second-order valence-electron chi connectivity index (χ2n) is 8.25. The van der Waals surface area contributed by atoms with Gasteiger partial charge in [-0.15, -0.1) is 0 Å². The van der Waals surface area contributed by atoms with Gasteiger partial charge in [0.2, 0.25) is 0 Å². The topological polar surface area (TPSA) is 72.3 Å². The quantitative estimate of drug-likeness (QED) is 0.661. The zero-order chi connectivity index (χ0) is 21.3. The largest absolute Gasteiger partial charge is 0.441 e. The lowest BCUT2D eigenvalue weighted by atomic mass is 9.78. The molecule has 0 radical (unpaired) electrons. The van der Waals surface area contributed by atoms with Crippen molar-refractivity contribution in [2.24, 2.45) is 5.92 Å². The van der Waals surface area contributed by atoms with Crippen molar-refractivity contribution in [2.75, 3.05) is 23.3 Å². The molecule has 1 spiro atoms. The summed E-state index contributed by atoms with van der Waals surface area (Å²) in [6.07, 6.45) is 6.71. The number of ether oxygens (including phenoxy) is 1. The number of para-hydroxylation sites is 1. The smallest absolute Gasteiger partial charge is 0.416 e. The third-order valence-corrected chi connectivity index (χ3v) is 6.17. The standard InChI is InChI=1S/C23H24FN5O2/c24-18-5-1-2-6-19(18)29-14-10-20(27-29)26-15-17-8-11-23(12-9-17)16-28(22(30)31-23)21-7-3-4-13-25-21/h1-7,10,13-14,17H,8-9,11-12,15-16H2,(H,26,27).